The lowest BCUT2D eigenvalue weighted by Gasteiger charge is -2.14. The van der Waals surface area contributed by atoms with Crippen molar-refractivity contribution in [3.05, 3.63) is 63.1 Å². The van der Waals surface area contributed by atoms with Gasteiger partial charge >= 0.3 is 0 Å². The Morgan fingerprint density at radius 1 is 1.26 bits per heavy atom. The van der Waals surface area contributed by atoms with Crippen LogP contribution in [0.1, 0.15) is 17.2 Å². The summed E-state index contributed by atoms with van der Waals surface area (Å²) in [6.07, 6.45) is -0.112. The number of benzene rings is 2. The summed E-state index contributed by atoms with van der Waals surface area (Å²) in [5.41, 5.74) is 1.76. The lowest BCUT2D eigenvalue weighted by molar-refractivity contribution is 0.178. The van der Waals surface area contributed by atoms with Gasteiger partial charge in [0.1, 0.15) is 5.75 Å². The van der Waals surface area contributed by atoms with E-state index in [0.717, 1.165) is 10.0 Å². The van der Waals surface area contributed by atoms with Gasteiger partial charge in [0.05, 0.1) is 18.2 Å². The minimum Gasteiger partial charge on any atom is -0.497 e. The summed E-state index contributed by atoms with van der Waals surface area (Å²) in [4.78, 5) is 0. The van der Waals surface area contributed by atoms with Crippen LogP contribution in [0.2, 0.25) is 5.02 Å². The molecule has 19 heavy (non-hydrogen) atoms. The monoisotopic (exact) mass is 340 g/mol. The topological polar surface area (TPSA) is 29.5 Å². The fourth-order valence-electron chi connectivity index (χ4n) is 1.90. The molecule has 0 radical (unpaired) electrons. The Hall–Kier alpha value is -1.03. The van der Waals surface area contributed by atoms with E-state index in [4.69, 9.17) is 16.3 Å². The minimum absolute atomic E-state index is 0.516. The smallest absolute Gasteiger partial charge is 0.120 e. The van der Waals surface area contributed by atoms with Gasteiger partial charge in [-0.15, -0.1) is 0 Å². The van der Waals surface area contributed by atoms with Gasteiger partial charge in [-0.1, -0.05) is 45.7 Å². The first-order chi connectivity index (χ1) is 9.10. The van der Waals surface area contributed by atoms with Crippen molar-refractivity contribution in [2.24, 2.45) is 0 Å². The van der Waals surface area contributed by atoms with Gasteiger partial charge in [-0.05, 0) is 35.4 Å². The Morgan fingerprint density at radius 3 is 2.68 bits per heavy atom. The average Bonchev–Trinajstić information content (AvgIpc) is 2.38. The number of aliphatic hydroxyl groups is 1. The van der Waals surface area contributed by atoms with E-state index in [1.165, 1.54) is 0 Å². The molecule has 0 aliphatic carbocycles. The van der Waals surface area contributed by atoms with Gasteiger partial charge in [-0.25, -0.2) is 0 Å². The fourth-order valence-corrected chi connectivity index (χ4v) is 2.65. The lowest BCUT2D eigenvalue weighted by atomic mass is 10.0. The second-order valence-electron chi connectivity index (χ2n) is 4.24. The van der Waals surface area contributed by atoms with Gasteiger partial charge in [-0.3, -0.25) is 0 Å². The normalized spacial score (nSPS) is 12.2. The Morgan fingerprint density at radius 2 is 2.05 bits per heavy atom. The lowest BCUT2D eigenvalue weighted by Crippen LogP contribution is -2.02. The number of ether oxygens (including phenoxy) is 1. The minimum atomic E-state index is -0.632. The Balaban J connectivity index is 2.18. The molecule has 100 valence electrons. The van der Waals surface area contributed by atoms with Crippen LogP contribution in [0.3, 0.4) is 0 Å². The van der Waals surface area contributed by atoms with E-state index >= 15 is 0 Å². The Labute approximate surface area is 126 Å². The van der Waals surface area contributed by atoms with Crippen molar-refractivity contribution in [2.45, 2.75) is 12.5 Å². The zero-order valence-electron chi connectivity index (χ0n) is 10.4. The number of hydrogen-bond acceptors (Lipinski definition) is 2. The van der Waals surface area contributed by atoms with Gasteiger partial charge in [0.15, 0.2) is 0 Å². The predicted molar refractivity (Wildman–Crippen MR) is 80.8 cm³/mol. The third-order valence-corrected chi connectivity index (χ3v) is 3.71. The van der Waals surface area contributed by atoms with Crippen molar-refractivity contribution in [2.75, 3.05) is 7.11 Å². The number of rotatable bonds is 4. The van der Waals surface area contributed by atoms with Crippen LogP contribution in [0.4, 0.5) is 0 Å². The Bertz CT molecular complexity index is 572. The van der Waals surface area contributed by atoms with Crippen LogP contribution >= 0.6 is 27.5 Å². The summed E-state index contributed by atoms with van der Waals surface area (Å²) >= 11 is 9.57. The predicted octanol–water partition coefficient (Wildman–Crippen LogP) is 4.39. The quantitative estimate of drug-likeness (QED) is 0.894. The van der Waals surface area contributed by atoms with Gasteiger partial charge in [0.25, 0.3) is 0 Å². The molecule has 2 aromatic carbocycles. The van der Waals surface area contributed by atoms with Crippen molar-refractivity contribution in [3.8, 4) is 5.75 Å². The highest BCUT2D eigenvalue weighted by molar-refractivity contribution is 9.10. The van der Waals surface area contributed by atoms with Crippen LogP contribution in [-0.4, -0.2) is 12.2 Å². The molecule has 0 aliphatic rings. The molecule has 0 bridgehead atoms. The molecule has 2 nitrogen and oxygen atoms in total. The highest BCUT2D eigenvalue weighted by atomic mass is 79.9. The summed E-state index contributed by atoms with van der Waals surface area (Å²) in [6.45, 7) is 0. The van der Waals surface area contributed by atoms with Crippen LogP contribution in [0.5, 0.6) is 5.75 Å². The van der Waals surface area contributed by atoms with Crippen LogP contribution in [-0.2, 0) is 6.42 Å². The van der Waals surface area contributed by atoms with Crippen LogP contribution in [0, 0.1) is 0 Å². The maximum Gasteiger partial charge on any atom is 0.120 e. The Kier molecular flexibility index (Phi) is 4.86. The molecule has 0 heterocycles. The summed E-state index contributed by atoms with van der Waals surface area (Å²) in [5, 5.41) is 10.8. The number of methoxy groups -OCH3 is 1. The average molecular weight is 342 g/mol. The molecular weight excluding hydrogens is 328 g/mol. The summed E-state index contributed by atoms with van der Waals surface area (Å²) in [6, 6.07) is 13.2. The molecule has 0 aromatic heterocycles. The number of hydrogen-bond donors (Lipinski definition) is 1. The zero-order valence-corrected chi connectivity index (χ0v) is 12.8. The van der Waals surface area contributed by atoms with Gasteiger partial charge < -0.3 is 9.84 Å². The summed E-state index contributed by atoms with van der Waals surface area (Å²) in [5.74, 6) is 0.684. The summed E-state index contributed by atoms with van der Waals surface area (Å²) < 4.78 is 6.09. The second kappa shape index (κ2) is 6.42. The van der Waals surface area contributed by atoms with Gasteiger partial charge in [0.2, 0.25) is 0 Å². The molecule has 0 saturated carbocycles. The first-order valence-electron chi connectivity index (χ1n) is 5.86. The number of halogens is 2. The molecule has 0 spiro atoms. The van der Waals surface area contributed by atoms with Crippen LogP contribution in [0.25, 0.3) is 0 Å². The largest absolute Gasteiger partial charge is 0.497 e. The maximum atomic E-state index is 10.3. The molecule has 1 unspecified atom stereocenters. The van der Waals surface area contributed by atoms with E-state index in [0.29, 0.717) is 22.8 Å². The third kappa shape index (κ3) is 3.72. The molecule has 1 N–H and O–H groups in total. The molecule has 4 heteroatoms. The van der Waals surface area contributed by atoms with Crippen molar-refractivity contribution < 1.29 is 9.84 Å². The van der Waals surface area contributed by atoms with Gasteiger partial charge in [-0.2, -0.15) is 0 Å². The van der Waals surface area contributed by atoms with Crippen molar-refractivity contribution in [3.63, 3.8) is 0 Å². The molecule has 2 rings (SSSR count). The van der Waals surface area contributed by atoms with E-state index in [1.54, 1.807) is 25.3 Å². The van der Waals surface area contributed by atoms with Crippen molar-refractivity contribution in [1.29, 1.82) is 0 Å². The van der Waals surface area contributed by atoms with E-state index in [2.05, 4.69) is 15.9 Å². The van der Waals surface area contributed by atoms with Crippen LogP contribution in [0.15, 0.2) is 46.9 Å². The molecule has 1 atom stereocenters. The zero-order chi connectivity index (χ0) is 13.8. The van der Waals surface area contributed by atoms with E-state index in [1.807, 2.05) is 24.3 Å². The van der Waals surface area contributed by atoms with Crippen LogP contribution < -0.4 is 4.74 Å². The molecule has 0 saturated heterocycles. The first kappa shape index (κ1) is 14.4. The van der Waals surface area contributed by atoms with Gasteiger partial charge in [0, 0.05) is 10.9 Å². The standard InChI is InChI=1S/C15H14BrClO2/c1-19-12-5-6-13(14(17)9-12)15(18)8-10-3-2-4-11(16)7-10/h2-7,9,15,18H,8H2,1H3. The van der Waals surface area contributed by atoms with Crippen molar-refractivity contribution >= 4 is 27.5 Å². The fraction of sp³-hybridized carbons (Fsp3) is 0.200. The maximum absolute atomic E-state index is 10.3. The number of aliphatic hydroxyl groups excluding tert-OH is 1. The molecule has 2 aromatic rings. The third-order valence-electron chi connectivity index (χ3n) is 2.88. The second-order valence-corrected chi connectivity index (χ2v) is 5.56. The van der Waals surface area contributed by atoms with Crippen molar-refractivity contribution in [1.82, 2.24) is 0 Å². The van der Waals surface area contributed by atoms with E-state index in [9.17, 15) is 5.11 Å². The molecule has 0 fully saturated rings. The van der Waals surface area contributed by atoms with E-state index in [-0.39, 0.29) is 0 Å². The molecular formula is C15H14BrClO2. The highest BCUT2D eigenvalue weighted by Gasteiger charge is 2.13. The highest BCUT2D eigenvalue weighted by Crippen LogP contribution is 2.29. The molecule has 0 amide bonds. The first-order valence-corrected chi connectivity index (χ1v) is 7.03. The molecule has 0 aliphatic heterocycles. The van der Waals surface area contributed by atoms with E-state index < -0.39 is 6.10 Å². The summed E-state index contributed by atoms with van der Waals surface area (Å²) in [7, 11) is 1.59. The SMILES string of the molecule is COc1ccc(C(O)Cc2cccc(Br)c2)c(Cl)c1.